The number of rotatable bonds is 8. The summed E-state index contributed by atoms with van der Waals surface area (Å²) >= 11 is 1.96. The molecular formula is C14H23NOS. The summed E-state index contributed by atoms with van der Waals surface area (Å²) < 4.78 is 5.71. The van der Waals surface area contributed by atoms with Gasteiger partial charge in [-0.25, -0.2) is 0 Å². The Morgan fingerprint density at radius 3 is 2.59 bits per heavy atom. The third-order valence-corrected chi connectivity index (χ3v) is 3.83. The molecule has 17 heavy (non-hydrogen) atoms. The monoisotopic (exact) mass is 253 g/mol. The summed E-state index contributed by atoms with van der Waals surface area (Å²) in [6.07, 6.45) is 2.21. The second-order valence-electron chi connectivity index (χ2n) is 4.20. The third-order valence-electron chi connectivity index (χ3n) is 2.67. The molecule has 0 heterocycles. The first-order valence-corrected chi connectivity index (χ1v) is 7.37. The van der Waals surface area contributed by atoms with Crippen molar-refractivity contribution in [3.8, 4) is 5.75 Å². The van der Waals surface area contributed by atoms with Crippen molar-refractivity contribution in [3.05, 3.63) is 29.3 Å². The molecule has 2 N–H and O–H groups in total. The second kappa shape index (κ2) is 8.43. The van der Waals surface area contributed by atoms with Crippen molar-refractivity contribution in [1.29, 1.82) is 0 Å². The number of hydrogen-bond donors (Lipinski definition) is 1. The largest absolute Gasteiger partial charge is 0.494 e. The Hall–Kier alpha value is -0.670. The van der Waals surface area contributed by atoms with Gasteiger partial charge >= 0.3 is 0 Å². The van der Waals surface area contributed by atoms with Gasteiger partial charge in [0.05, 0.1) is 6.61 Å². The molecule has 1 aromatic carbocycles. The highest BCUT2D eigenvalue weighted by Gasteiger charge is 1.97. The smallest absolute Gasteiger partial charge is 0.119 e. The first-order valence-electron chi connectivity index (χ1n) is 6.22. The van der Waals surface area contributed by atoms with Gasteiger partial charge in [0.25, 0.3) is 0 Å². The molecule has 0 saturated heterocycles. The quantitative estimate of drug-likeness (QED) is 0.723. The van der Waals surface area contributed by atoms with Crippen molar-refractivity contribution >= 4 is 11.8 Å². The number of thioether (sulfide) groups is 1. The molecule has 0 bridgehead atoms. The number of aryl methyl sites for hydroxylation is 2. The van der Waals surface area contributed by atoms with Crippen LogP contribution in [0.15, 0.2) is 18.2 Å². The van der Waals surface area contributed by atoms with Crippen LogP contribution in [0, 0.1) is 13.8 Å². The van der Waals surface area contributed by atoms with Crippen LogP contribution >= 0.6 is 11.8 Å². The molecule has 0 spiro atoms. The predicted octanol–water partition coefficient (Wildman–Crippen LogP) is 3.15. The molecule has 0 fully saturated rings. The van der Waals surface area contributed by atoms with Gasteiger partial charge in [0, 0.05) is 0 Å². The molecule has 3 heteroatoms. The van der Waals surface area contributed by atoms with Gasteiger partial charge in [0.2, 0.25) is 0 Å². The Bertz CT molecular complexity index is 328. The Balaban J connectivity index is 2.11. The predicted molar refractivity (Wildman–Crippen MR) is 77.0 cm³/mol. The van der Waals surface area contributed by atoms with Gasteiger partial charge in [-0.1, -0.05) is 6.07 Å². The first-order chi connectivity index (χ1) is 8.24. The lowest BCUT2D eigenvalue weighted by atomic mass is 10.1. The minimum atomic E-state index is 0.798. The highest BCUT2D eigenvalue weighted by molar-refractivity contribution is 7.99. The van der Waals surface area contributed by atoms with Crippen molar-refractivity contribution < 1.29 is 4.74 Å². The Kier molecular flexibility index (Phi) is 7.13. The van der Waals surface area contributed by atoms with E-state index in [0.717, 1.165) is 37.5 Å². The number of benzene rings is 1. The van der Waals surface area contributed by atoms with E-state index in [1.807, 2.05) is 17.8 Å². The molecule has 0 aromatic heterocycles. The van der Waals surface area contributed by atoms with Crippen LogP contribution in [0.5, 0.6) is 5.75 Å². The van der Waals surface area contributed by atoms with Gasteiger partial charge in [-0.05, 0) is 68.0 Å². The molecule has 0 atom stereocenters. The lowest BCUT2D eigenvalue weighted by Crippen LogP contribution is -2.02. The van der Waals surface area contributed by atoms with Crippen LogP contribution in [0.2, 0.25) is 0 Å². The number of hydrogen-bond acceptors (Lipinski definition) is 3. The summed E-state index contributed by atoms with van der Waals surface area (Å²) in [4.78, 5) is 0. The highest BCUT2D eigenvalue weighted by Crippen LogP contribution is 2.16. The average Bonchev–Trinajstić information content (AvgIpc) is 2.32. The maximum Gasteiger partial charge on any atom is 0.119 e. The van der Waals surface area contributed by atoms with E-state index in [1.54, 1.807) is 0 Å². The zero-order valence-corrected chi connectivity index (χ0v) is 11.7. The standard InChI is InChI=1S/C14H23NOS/c1-12-5-6-14(11-13(12)2)16-8-4-10-17-9-3-7-15/h5-6,11H,3-4,7-10,15H2,1-2H3. The summed E-state index contributed by atoms with van der Waals surface area (Å²) in [5, 5.41) is 0. The maximum absolute atomic E-state index is 5.71. The Morgan fingerprint density at radius 1 is 1.12 bits per heavy atom. The molecule has 1 rings (SSSR count). The summed E-state index contributed by atoms with van der Waals surface area (Å²) in [6.45, 7) is 5.84. The van der Waals surface area contributed by atoms with Crippen LogP contribution in [-0.2, 0) is 0 Å². The molecule has 0 saturated carbocycles. The SMILES string of the molecule is Cc1ccc(OCCCSCCCN)cc1C. The highest BCUT2D eigenvalue weighted by atomic mass is 32.2. The van der Waals surface area contributed by atoms with E-state index in [9.17, 15) is 0 Å². The molecule has 0 aliphatic rings. The minimum Gasteiger partial charge on any atom is -0.494 e. The molecule has 0 amide bonds. The molecular weight excluding hydrogens is 230 g/mol. The first kappa shape index (κ1) is 14.4. The topological polar surface area (TPSA) is 35.2 Å². The maximum atomic E-state index is 5.71. The second-order valence-corrected chi connectivity index (χ2v) is 5.43. The minimum absolute atomic E-state index is 0.798. The van der Waals surface area contributed by atoms with E-state index in [0.29, 0.717) is 0 Å². The number of nitrogens with two attached hydrogens (primary N) is 1. The van der Waals surface area contributed by atoms with E-state index >= 15 is 0 Å². The normalized spacial score (nSPS) is 10.5. The van der Waals surface area contributed by atoms with Crippen molar-refractivity contribution in [2.45, 2.75) is 26.7 Å². The lowest BCUT2D eigenvalue weighted by Gasteiger charge is -2.08. The van der Waals surface area contributed by atoms with Gasteiger partial charge in [0.1, 0.15) is 5.75 Å². The zero-order valence-electron chi connectivity index (χ0n) is 10.9. The van der Waals surface area contributed by atoms with E-state index < -0.39 is 0 Å². The summed E-state index contributed by atoms with van der Waals surface area (Å²) in [5.41, 5.74) is 8.04. The fraction of sp³-hybridized carbons (Fsp3) is 0.571. The molecule has 2 nitrogen and oxygen atoms in total. The van der Waals surface area contributed by atoms with Crippen molar-refractivity contribution in [3.63, 3.8) is 0 Å². The molecule has 1 aromatic rings. The molecule has 0 unspecified atom stereocenters. The van der Waals surface area contributed by atoms with E-state index in [4.69, 9.17) is 10.5 Å². The Labute approximate surface area is 109 Å². The molecule has 0 aliphatic heterocycles. The Morgan fingerprint density at radius 2 is 1.88 bits per heavy atom. The van der Waals surface area contributed by atoms with Crippen molar-refractivity contribution in [2.24, 2.45) is 5.73 Å². The molecule has 96 valence electrons. The van der Waals surface area contributed by atoms with E-state index in [2.05, 4.69) is 26.0 Å². The summed E-state index contributed by atoms with van der Waals surface area (Å²) in [5.74, 6) is 3.31. The van der Waals surface area contributed by atoms with Crippen molar-refractivity contribution in [2.75, 3.05) is 24.7 Å². The molecule has 0 aliphatic carbocycles. The van der Waals surface area contributed by atoms with Gasteiger partial charge in [-0.3, -0.25) is 0 Å². The van der Waals surface area contributed by atoms with Crippen LogP contribution < -0.4 is 10.5 Å². The summed E-state index contributed by atoms with van der Waals surface area (Å²) in [7, 11) is 0. The van der Waals surface area contributed by atoms with Crippen LogP contribution in [-0.4, -0.2) is 24.7 Å². The van der Waals surface area contributed by atoms with Gasteiger partial charge in [0.15, 0.2) is 0 Å². The third kappa shape index (κ3) is 5.99. The lowest BCUT2D eigenvalue weighted by molar-refractivity contribution is 0.318. The molecule has 0 radical (unpaired) electrons. The fourth-order valence-corrected chi connectivity index (χ4v) is 2.34. The van der Waals surface area contributed by atoms with Crippen molar-refractivity contribution in [1.82, 2.24) is 0 Å². The van der Waals surface area contributed by atoms with Gasteiger partial charge in [-0.2, -0.15) is 11.8 Å². The van der Waals surface area contributed by atoms with Crippen LogP contribution in [0.4, 0.5) is 0 Å². The van der Waals surface area contributed by atoms with E-state index in [1.165, 1.54) is 16.9 Å². The van der Waals surface area contributed by atoms with Gasteiger partial charge < -0.3 is 10.5 Å². The van der Waals surface area contributed by atoms with Crippen LogP contribution in [0.3, 0.4) is 0 Å². The average molecular weight is 253 g/mol. The van der Waals surface area contributed by atoms with E-state index in [-0.39, 0.29) is 0 Å². The van der Waals surface area contributed by atoms with Crippen LogP contribution in [0.1, 0.15) is 24.0 Å². The van der Waals surface area contributed by atoms with Gasteiger partial charge in [-0.15, -0.1) is 0 Å². The zero-order chi connectivity index (χ0) is 12.5. The van der Waals surface area contributed by atoms with Crippen LogP contribution in [0.25, 0.3) is 0 Å². The fourth-order valence-electron chi connectivity index (χ4n) is 1.44. The summed E-state index contributed by atoms with van der Waals surface area (Å²) in [6, 6.07) is 6.27. The number of ether oxygens (including phenoxy) is 1.